The molecular formula is C8H4F13NaO2. The largest absolute Gasteiger partial charge is 1.00 e. The van der Waals surface area contributed by atoms with Crippen molar-refractivity contribution in [2.24, 2.45) is 0 Å². The third kappa shape index (κ3) is 5.28. The van der Waals surface area contributed by atoms with E-state index in [1.807, 2.05) is 0 Å². The van der Waals surface area contributed by atoms with E-state index in [1.165, 1.54) is 0 Å². The van der Waals surface area contributed by atoms with Crippen molar-refractivity contribution in [3.8, 4) is 0 Å². The normalized spacial score (nSPS) is 13.8. The summed E-state index contributed by atoms with van der Waals surface area (Å²) in [5.41, 5.74) is 0. The Morgan fingerprint density at radius 2 is 1.00 bits per heavy atom. The van der Waals surface area contributed by atoms with E-state index in [2.05, 4.69) is 0 Å². The molecule has 0 heterocycles. The molecule has 0 saturated carbocycles. The topological polar surface area (TPSA) is 37.3 Å². The van der Waals surface area contributed by atoms with Crippen LogP contribution in [0, 0.1) is 6.43 Å². The molecule has 140 valence electrons. The number of halogens is 13. The van der Waals surface area contributed by atoms with Gasteiger partial charge in [-0.1, -0.05) is 0 Å². The van der Waals surface area contributed by atoms with E-state index in [0.29, 0.717) is 0 Å². The predicted molar refractivity (Wildman–Crippen MR) is 44.6 cm³/mol. The van der Waals surface area contributed by atoms with Gasteiger partial charge in [-0.2, -0.15) is 39.5 Å². The summed E-state index contributed by atoms with van der Waals surface area (Å²) in [7, 11) is 0. The Labute approximate surface area is 146 Å². The minimum atomic E-state index is -7.80. The third-order valence-corrected chi connectivity index (χ3v) is 1.78. The van der Waals surface area contributed by atoms with E-state index in [-0.39, 0.29) is 29.6 Å². The zero-order chi connectivity index (χ0) is 19.7. The molecule has 1 N–H and O–H groups in total. The minimum Gasteiger partial charge on any atom is -0.481 e. The zero-order valence-electron chi connectivity index (χ0n) is 11.3. The van der Waals surface area contributed by atoms with Crippen LogP contribution >= 0.6 is 0 Å². The molecule has 0 atom stereocenters. The van der Waals surface area contributed by atoms with Crippen molar-refractivity contribution in [3.63, 3.8) is 0 Å². The Hall–Kier alpha value is -0.440. The maximum Gasteiger partial charge on any atom is 1.00 e. The van der Waals surface area contributed by atoms with Crippen molar-refractivity contribution in [1.82, 2.24) is 0 Å². The molecule has 0 rings (SSSR count). The third-order valence-electron chi connectivity index (χ3n) is 1.78. The molecule has 0 amide bonds. The van der Waals surface area contributed by atoms with Gasteiger partial charge in [0.25, 0.3) is 11.9 Å². The summed E-state index contributed by atoms with van der Waals surface area (Å²) >= 11 is 0. The van der Waals surface area contributed by atoms with Gasteiger partial charge in [0.15, 0.2) is 0 Å². The fourth-order valence-electron chi connectivity index (χ4n) is 0.691. The first-order valence-electron chi connectivity index (χ1n) is 4.63. The average molecular weight is 402 g/mol. The molecule has 0 aromatic carbocycles. The van der Waals surface area contributed by atoms with Crippen LogP contribution in [0.3, 0.4) is 0 Å². The summed E-state index contributed by atoms with van der Waals surface area (Å²) in [4.78, 5) is 9.00. The van der Waals surface area contributed by atoms with Crippen LogP contribution in [0.1, 0.15) is 6.92 Å². The summed E-state index contributed by atoms with van der Waals surface area (Å²) in [5.74, 6) is -31.1. The summed E-state index contributed by atoms with van der Waals surface area (Å²) in [5, 5.41) is 7.42. The predicted octanol–water partition coefficient (Wildman–Crippen LogP) is 1.61. The van der Waals surface area contributed by atoms with E-state index in [4.69, 9.17) is 9.90 Å². The van der Waals surface area contributed by atoms with E-state index in [0.717, 1.165) is 6.92 Å². The van der Waals surface area contributed by atoms with Gasteiger partial charge in [-0.15, -0.1) is 0 Å². The molecule has 0 aromatic rings. The summed E-state index contributed by atoms with van der Waals surface area (Å²) in [6, 6.07) is 0. The molecule has 0 fully saturated rings. The quantitative estimate of drug-likeness (QED) is 0.441. The smallest absolute Gasteiger partial charge is 0.481 e. The maximum absolute atomic E-state index is 12.3. The van der Waals surface area contributed by atoms with Crippen molar-refractivity contribution < 1.29 is 96.5 Å². The number of carbonyl (C=O) groups is 1. The molecule has 24 heavy (non-hydrogen) atoms. The Morgan fingerprint density at radius 1 is 0.750 bits per heavy atom. The summed E-state index contributed by atoms with van der Waals surface area (Å²) < 4.78 is 154. The first-order valence-corrected chi connectivity index (χ1v) is 4.63. The number of carboxylic acids is 1. The van der Waals surface area contributed by atoms with Crippen molar-refractivity contribution in [3.05, 3.63) is 6.43 Å². The number of rotatable bonds is 4. The molecule has 0 saturated heterocycles. The number of aliphatic carboxylic acids is 1. The molecule has 16 heteroatoms. The van der Waals surface area contributed by atoms with E-state index in [1.54, 1.807) is 0 Å². The molecule has 0 radical (unpaired) electrons. The second-order valence-corrected chi connectivity index (χ2v) is 3.57. The minimum absolute atomic E-state index is 0. The van der Waals surface area contributed by atoms with Crippen molar-refractivity contribution in [2.45, 2.75) is 36.8 Å². The van der Waals surface area contributed by atoms with Gasteiger partial charge in [0.05, 0.1) is 6.43 Å². The monoisotopic (exact) mass is 402 g/mol. The second kappa shape index (κ2) is 8.29. The number of hydrogen-bond donors (Lipinski definition) is 1. The summed E-state index contributed by atoms with van der Waals surface area (Å²) in [6.07, 6.45) is -12.1. The van der Waals surface area contributed by atoms with Crippen LogP contribution in [-0.4, -0.2) is 40.9 Å². The fraction of sp³-hybridized carbons (Fsp3) is 0.750. The van der Waals surface area contributed by atoms with E-state index < -0.39 is 42.3 Å². The molecule has 0 aliphatic heterocycles. The van der Waals surface area contributed by atoms with Crippen LogP contribution in [0.5, 0.6) is 0 Å². The van der Waals surface area contributed by atoms with Crippen LogP contribution in [-0.2, 0) is 4.79 Å². The van der Waals surface area contributed by atoms with Crippen LogP contribution in [0.25, 0.3) is 0 Å². The number of hydrogen-bond acceptors (Lipinski definition) is 1. The van der Waals surface area contributed by atoms with E-state index >= 15 is 0 Å². The molecule has 0 bridgehead atoms. The zero-order valence-corrected chi connectivity index (χ0v) is 13.3. The average Bonchev–Trinajstić information content (AvgIpc) is 2.25. The molecular weight excluding hydrogens is 398 g/mol. The van der Waals surface area contributed by atoms with Gasteiger partial charge in [0, 0.05) is 6.92 Å². The second-order valence-electron chi connectivity index (χ2n) is 3.57. The van der Waals surface area contributed by atoms with Crippen molar-refractivity contribution in [2.75, 3.05) is 0 Å². The molecule has 0 aliphatic rings. The number of alkyl halides is 11. The van der Waals surface area contributed by atoms with Crippen molar-refractivity contribution >= 4 is 5.97 Å². The molecule has 0 unspecified atom stereocenters. The Balaban J connectivity index is -0.000000787. The van der Waals surface area contributed by atoms with Crippen LogP contribution < -0.4 is 29.6 Å². The Bertz CT molecular complexity index is 413. The molecule has 0 aromatic heterocycles. The van der Waals surface area contributed by atoms with Gasteiger partial charge in [0.1, 0.15) is 0 Å². The number of carboxylic acid groups (broad SMARTS) is 1. The van der Waals surface area contributed by atoms with Crippen LogP contribution in [0.15, 0.2) is 0 Å². The Kier molecular flexibility index (Phi) is 9.80. The first-order chi connectivity index (χ1) is 9.68. The van der Waals surface area contributed by atoms with Gasteiger partial charge >= 0.3 is 53.5 Å². The maximum atomic E-state index is 12.3. The molecule has 2 nitrogen and oxygen atoms in total. The SMILES string of the molecule is CC(=O)O.F[C-](F)C(F)(F)C(F)(F)C(F)(F)C(F)(F)C(F)(F)F.[Na+]. The van der Waals surface area contributed by atoms with Crippen molar-refractivity contribution in [1.29, 1.82) is 0 Å². The standard InChI is InChI=1S/C6F13.C2H4O2.Na/c7-1(8)2(9,10)3(11,12)4(13,14)5(15,16)6(17,18)19;1-2(3)4;/h;1H3,(H,3,4);/q-1;;+1. The van der Waals surface area contributed by atoms with Gasteiger partial charge in [0.2, 0.25) is 0 Å². The van der Waals surface area contributed by atoms with Crippen LogP contribution in [0.4, 0.5) is 57.1 Å². The van der Waals surface area contributed by atoms with Gasteiger partial charge in [-0.3, -0.25) is 4.79 Å². The van der Waals surface area contributed by atoms with Gasteiger partial charge in [-0.05, 0) is 0 Å². The van der Waals surface area contributed by atoms with Gasteiger partial charge < -0.3 is 13.9 Å². The Morgan fingerprint density at radius 3 is 1.17 bits per heavy atom. The fourth-order valence-corrected chi connectivity index (χ4v) is 0.691. The first kappa shape index (κ1) is 28.4. The molecule has 0 aliphatic carbocycles. The summed E-state index contributed by atoms with van der Waals surface area (Å²) in [6.45, 7) is 1.08. The van der Waals surface area contributed by atoms with Crippen LogP contribution in [0.2, 0.25) is 0 Å². The van der Waals surface area contributed by atoms with Gasteiger partial charge in [-0.25, -0.2) is 8.78 Å². The van der Waals surface area contributed by atoms with E-state index in [9.17, 15) is 57.1 Å². The molecule has 0 spiro atoms.